The number of alkyl halides is 2. The number of hydrogen-bond acceptors (Lipinski definition) is 3. The van der Waals surface area contributed by atoms with E-state index in [1.165, 1.54) is 6.20 Å². The summed E-state index contributed by atoms with van der Waals surface area (Å²) in [5.41, 5.74) is 0.904. The van der Waals surface area contributed by atoms with Gasteiger partial charge in [-0.05, 0) is 51.7 Å². The molecular formula is C14H20BF2NO2. The molecule has 1 saturated heterocycles. The van der Waals surface area contributed by atoms with Gasteiger partial charge in [0.15, 0.2) is 0 Å². The van der Waals surface area contributed by atoms with Gasteiger partial charge in [0.2, 0.25) is 6.43 Å². The Hall–Kier alpha value is -1.01. The van der Waals surface area contributed by atoms with E-state index in [1.54, 1.807) is 6.07 Å². The van der Waals surface area contributed by atoms with E-state index >= 15 is 0 Å². The maximum absolute atomic E-state index is 12.7. The van der Waals surface area contributed by atoms with Crippen molar-refractivity contribution in [3.05, 3.63) is 23.5 Å². The SMILES string of the molecule is Cc1cc(B2OC(C)(C)C(C)(C)O2)c(CC(F)F)cn1. The number of nitrogens with zero attached hydrogens (tertiary/aromatic N) is 1. The lowest BCUT2D eigenvalue weighted by Crippen LogP contribution is -2.41. The molecule has 3 nitrogen and oxygen atoms in total. The fraction of sp³-hybridized carbons (Fsp3) is 0.643. The van der Waals surface area contributed by atoms with E-state index in [2.05, 4.69) is 4.98 Å². The molecule has 6 heteroatoms. The first-order chi connectivity index (χ1) is 9.12. The lowest BCUT2D eigenvalue weighted by molar-refractivity contribution is 0.00578. The first-order valence-electron chi connectivity index (χ1n) is 6.71. The van der Waals surface area contributed by atoms with E-state index in [0.29, 0.717) is 11.0 Å². The molecule has 0 amide bonds. The van der Waals surface area contributed by atoms with Gasteiger partial charge < -0.3 is 9.31 Å². The lowest BCUT2D eigenvalue weighted by Gasteiger charge is -2.32. The molecule has 20 heavy (non-hydrogen) atoms. The average molecular weight is 283 g/mol. The Labute approximate surface area is 118 Å². The van der Waals surface area contributed by atoms with Gasteiger partial charge in [0.25, 0.3) is 0 Å². The fourth-order valence-electron chi connectivity index (χ4n) is 2.14. The van der Waals surface area contributed by atoms with Gasteiger partial charge in [0, 0.05) is 18.3 Å². The molecule has 1 fully saturated rings. The lowest BCUT2D eigenvalue weighted by atomic mass is 9.75. The topological polar surface area (TPSA) is 31.4 Å². The molecule has 1 aromatic rings. The number of pyridine rings is 1. The first kappa shape index (κ1) is 15.4. The van der Waals surface area contributed by atoms with Gasteiger partial charge in [-0.1, -0.05) is 0 Å². The van der Waals surface area contributed by atoms with Crippen LogP contribution in [0.2, 0.25) is 0 Å². The highest BCUT2D eigenvalue weighted by Crippen LogP contribution is 2.36. The molecule has 0 aromatic carbocycles. The molecule has 0 radical (unpaired) electrons. The van der Waals surface area contributed by atoms with Crippen molar-refractivity contribution in [1.82, 2.24) is 4.98 Å². The summed E-state index contributed by atoms with van der Waals surface area (Å²) in [5.74, 6) is 0. The van der Waals surface area contributed by atoms with Gasteiger partial charge in [0.1, 0.15) is 0 Å². The predicted molar refractivity (Wildman–Crippen MR) is 74.4 cm³/mol. The van der Waals surface area contributed by atoms with E-state index in [4.69, 9.17) is 9.31 Å². The highest BCUT2D eigenvalue weighted by Gasteiger charge is 2.52. The summed E-state index contributed by atoms with van der Waals surface area (Å²) >= 11 is 0. The van der Waals surface area contributed by atoms with Crippen LogP contribution in [0.5, 0.6) is 0 Å². The molecule has 0 N–H and O–H groups in total. The summed E-state index contributed by atoms with van der Waals surface area (Å²) in [6, 6.07) is 1.76. The molecule has 1 aromatic heterocycles. The van der Waals surface area contributed by atoms with Gasteiger partial charge in [-0.25, -0.2) is 8.78 Å². The minimum atomic E-state index is -2.42. The van der Waals surface area contributed by atoms with Crippen LogP contribution >= 0.6 is 0 Å². The van der Waals surface area contributed by atoms with Crippen molar-refractivity contribution in [3.8, 4) is 0 Å². The Morgan fingerprint density at radius 2 is 1.75 bits per heavy atom. The molecule has 2 rings (SSSR count). The fourth-order valence-corrected chi connectivity index (χ4v) is 2.14. The number of aryl methyl sites for hydroxylation is 1. The van der Waals surface area contributed by atoms with Crippen LogP contribution in [-0.4, -0.2) is 29.7 Å². The summed E-state index contributed by atoms with van der Waals surface area (Å²) in [7, 11) is -0.629. The standard InChI is InChI=1S/C14H20BF2NO2/c1-9-6-11(10(8-18-9)7-12(16)17)15-19-13(2,3)14(4,5)20-15/h6,8,12H,7H2,1-5H3. The van der Waals surface area contributed by atoms with Crippen LogP contribution < -0.4 is 5.46 Å². The van der Waals surface area contributed by atoms with Crippen molar-refractivity contribution in [3.63, 3.8) is 0 Å². The number of aromatic nitrogens is 1. The van der Waals surface area contributed by atoms with Crippen LogP contribution in [0.1, 0.15) is 39.0 Å². The van der Waals surface area contributed by atoms with Gasteiger partial charge >= 0.3 is 7.12 Å². The molecule has 2 heterocycles. The van der Waals surface area contributed by atoms with Gasteiger partial charge in [0.05, 0.1) is 11.2 Å². The van der Waals surface area contributed by atoms with Gasteiger partial charge in [-0.15, -0.1) is 0 Å². The van der Waals surface area contributed by atoms with Gasteiger partial charge in [-0.2, -0.15) is 0 Å². The van der Waals surface area contributed by atoms with E-state index in [9.17, 15) is 8.78 Å². The molecule has 1 aliphatic heterocycles. The highest BCUT2D eigenvalue weighted by molar-refractivity contribution is 6.62. The van der Waals surface area contributed by atoms with E-state index in [-0.39, 0.29) is 6.42 Å². The third-order valence-electron chi connectivity index (χ3n) is 4.04. The summed E-state index contributed by atoms with van der Waals surface area (Å²) in [6.07, 6.45) is -1.27. The maximum atomic E-state index is 12.7. The second-order valence-corrected chi connectivity index (χ2v) is 6.21. The average Bonchev–Trinajstić information content (AvgIpc) is 2.50. The molecule has 0 atom stereocenters. The summed E-state index contributed by atoms with van der Waals surface area (Å²) in [4.78, 5) is 4.09. The Morgan fingerprint density at radius 1 is 1.20 bits per heavy atom. The molecule has 0 bridgehead atoms. The maximum Gasteiger partial charge on any atom is 0.495 e. The van der Waals surface area contributed by atoms with Crippen LogP contribution in [0.15, 0.2) is 12.3 Å². The monoisotopic (exact) mass is 283 g/mol. The van der Waals surface area contributed by atoms with Crippen molar-refractivity contribution >= 4 is 12.6 Å². The van der Waals surface area contributed by atoms with Crippen molar-refractivity contribution in [2.45, 2.75) is 58.7 Å². The molecular weight excluding hydrogens is 263 g/mol. The minimum Gasteiger partial charge on any atom is -0.399 e. The molecule has 0 aliphatic carbocycles. The molecule has 0 unspecified atom stereocenters. The van der Waals surface area contributed by atoms with Crippen molar-refractivity contribution in [2.24, 2.45) is 0 Å². The van der Waals surface area contributed by atoms with Crippen LogP contribution in [-0.2, 0) is 15.7 Å². The van der Waals surface area contributed by atoms with Gasteiger partial charge in [-0.3, -0.25) is 4.98 Å². The molecule has 110 valence electrons. The van der Waals surface area contributed by atoms with E-state index in [1.807, 2.05) is 34.6 Å². The Kier molecular flexibility index (Phi) is 3.91. The normalized spacial score (nSPS) is 20.7. The molecule has 0 spiro atoms. The zero-order valence-corrected chi connectivity index (χ0v) is 12.5. The zero-order chi connectivity index (χ0) is 15.1. The quantitative estimate of drug-likeness (QED) is 0.799. The first-order valence-corrected chi connectivity index (χ1v) is 6.71. The summed E-state index contributed by atoms with van der Waals surface area (Å²) in [5, 5.41) is 0. The van der Waals surface area contributed by atoms with Crippen LogP contribution in [0.4, 0.5) is 8.78 Å². The summed E-state index contributed by atoms with van der Waals surface area (Å²) in [6.45, 7) is 9.57. The third-order valence-corrected chi connectivity index (χ3v) is 4.04. The van der Waals surface area contributed by atoms with Crippen molar-refractivity contribution < 1.29 is 18.1 Å². The number of hydrogen-bond donors (Lipinski definition) is 0. The molecule has 1 aliphatic rings. The predicted octanol–water partition coefficient (Wildman–Crippen LogP) is 2.50. The Bertz CT molecular complexity index is 490. The Balaban J connectivity index is 2.36. The van der Waals surface area contributed by atoms with Crippen molar-refractivity contribution in [2.75, 3.05) is 0 Å². The van der Waals surface area contributed by atoms with E-state index in [0.717, 1.165) is 5.69 Å². The van der Waals surface area contributed by atoms with Crippen molar-refractivity contribution in [1.29, 1.82) is 0 Å². The smallest absolute Gasteiger partial charge is 0.399 e. The van der Waals surface area contributed by atoms with E-state index < -0.39 is 24.7 Å². The third kappa shape index (κ3) is 2.86. The largest absolute Gasteiger partial charge is 0.495 e. The van der Waals surface area contributed by atoms with Crippen LogP contribution in [0.25, 0.3) is 0 Å². The second kappa shape index (κ2) is 5.08. The second-order valence-electron chi connectivity index (χ2n) is 6.21. The Morgan fingerprint density at radius 3 is 2.25 bits per heavy atom. The van der Waals surface area contributed by atoms with Crippen LogP contribution in [0.3, 0.4) is 0 Å². The highest BCUT2D eigenvalue weighted by atomic mass is 19.3. The zero-order valence-electron chi connectivity index (χ0n) is 12.5. The molecule has 0 saturated carbocycles. The minimum absolute atomic E-state index is 0.341. The number of rotatable bonds is 3. The number of halogens is 2. The summed E-state index contributed by atoms with van der Waals surface area (Å²) < 4.78 is 37.2. The van der Waals surface area contributed by atoms with Crippen LogP contribution in [0, 0.1) is 6.92 Å².